The van der Waals surface area contributed by atoms with E-state index in [2.05, 4.69) is 13.0 Å². The SMILES string of the molecule is CCCCCCCCCCCCCCC/C=C/C[N+](CCC(=O)O)(CCC(=O)O)CCC(=O)O. The zero-order chi connectivity index (χ0) is 25.5. The van der Waals surface area contributed by atoms with Gasteiger partial charge in [-0.3, -0.25) is 14.4 Å². The molecule has 0 fully saturated rings. The Hall–Kier alpha value is -1.89. The Balaban J connectivity index is 4.17. The number of allylic oxidation sites excluding steroid dienone is 1. The normalized spacial score (nSPS) is 11.8. The lowest BCUT2D eigenvalue weighted by Gasteiger charge is -2.37. The van der Waals surface area contributed by atoms with Crippen LogP contribution in [0.2, 0.25) is 0 Å². The monoisotopic (exact) mass is 484 g/mol. The van der Waals surface area contributed by atoms with Gasteiger partial charge in [-0.1, -0.05) is 90.0 Å². The molecule has 0 aromatic rings. The van der Waals surface area contributed by atoms with Gasteiger partial charge in [0, 0.05) is 0 Å². The molecule has 0 heterocycles. The fourth-order valence-electron chi connectivity index (χ4n) is 4.30. The van der Waals surface area contributed by atoms with Gasteiger partial charge in [-0.05, 0) is 18.9 Å². The second kappa shape index (κ2) is 21.6. The number of rotatable bonds is 25. The maximum atomic E-state index is 11.1. The van der Waals surface area contributed by atoms with Crippen LogP contribution < -0.4 is 0 Å². The molecule has 198 valence electrons. The van der Waals surface area contributed by atoms with Crippen molar-refractivity contribution in [1.82, 2.24) is 0 Å². The standard InChI is InChI=1S/C27H49NO6/c1-2-3-4-5-6-7-8-9-10-11-12-13-14-15-16-17-21-28(22-18-25(29)30,23-19-26(31)32)24-20-27(33)34/h16-17H,2-15,18-24H2,1H3,(H2-,29,30,31,32,33,34)/p+1/b17-16+. The summed E-state index contributed by atoms with van der Waals surface area (Å²) in [7, 11) is 0. The van der Waals surface area contributed by atoms with E-state index in [4.69, 9.17) is 15.3 Å². The second-order valence-electron chi connectivity index (χ2n) is 9.63. The molecule has 7 nitrogen and oxygen atoms in total. The third-order valence-corrected chi connectivity index (χ3v) is 6.53. The van der Waals surface area contributed by atoms with Crippen LogP contribution in [-0.4, -0.2) is 63.9 Å². The van der Waals surface area contributed by atoms with Gasteiger partial charge in [0.25, 0.3) is 0 Å². The summed E-state index contributed by atoms with van der Waals surface area (Å²) >= 11 is 0. The number of carboxylic acids is 3. The topological polar surface area (TPSA) is 112 Å². The molecule has 3 N–H and O–H groups in total. The minimum absolute atomic E-state index is 0.105. The molecule has 0 spiro atoms. The highest BCUT2D eigenvalue weighted by atomic mass is 16.4. The molecule has 0 aliphatic heterocycles. The molecular weight excluding hydrogens is 434 g/mol. The summed E-state index contributed by atoms with van der Waals surface area (Å²) in [5.74, 6) is -2.86. The zero-order valence-electron chi connectivity index (χ0n) is 21.5. The van der Waals surface area contributed by atoms with Crippen LogP contribution in [0.3, 0.4) is 0 Å². The number of aliphatic carboxylic acids is 3. The van der Waals surface area contributed by atoms with Crippen molar-refractivity contribution in [2.45, 2.75) is 116 Å². The van der Waals surface area contributed by atoms with E-state index in [1.54, 1.807) is 0 Å². The Morgan fingerprint density at radius 1 is 0.559 bits per heavy atom. The third kappa shape index (κ3) is 20.7. The summed E-state index contributed by atoms with van der Waals surface area (Å²) in [6.07, 6.45) is 21.8. The molecule has 0 radical (unpaired) electrons. The van der Waals surface area contributed by atoms with Gasteiger partial charge in [-0.2, -0.15) is 0 Å². The number of quaternary nitrogens is 1. The molecule has 0 saturated heterocycles. The summed E-state index contributed by atoms with van der Waals surface area (Å²) in [5.41, 5.74) is 0. The largest absolute Gasteiger partial charge is 0.481 e. The Morgan fingerprint density at radius 2 is 0.912 bits per heavy atom. The molecular formula is C27H50NO6+. The highest BCUT2D eigenvalue weighted by Crippen LogP contribution is 2.15. The highest BCUT2D eigenvalue weighted by Gasteiger charge is 2.28. The minimum Gasteiger partial charge on any atom is -0.481 e. The lowest BCUT2D eigenvalue weighted by Crippen LogP contribution is -2.51. The number of nitrogens with zero attached hydrogens (tertiary/aromatic N) is 1. The van der Waals surface area contributed by atoms with Crippen molar-refractivity contribution in [1.29, 1.82) is 0 Å². The van der Waals surface area contributed by atoms with Crippen molar-refractivity contribution in [3.8, 4) is 0 Å². The van der Waals surface area contributed by atoms with Crippen LogP contribution in [0.1, 0.15) is 116 Å². The molecule has 7 heteroatoms. The lowest BCUT2D eigenvalue weighted by atomic mass is 10.0. The Bertz CT molecular complexity index is 530. The molecule has 0 bridgehead atoms. The van der Waals surface area contributed by atoms with Gasteiger partial charge in [0.1, 0.15) is 0 Å². The molecule has 0 aliphatic carbocycles. The Morgan fingerprint density at radius 3 is 1.26 bits per heavy atom. The highest BCUT2D eigenvalue weighted by molar-refractivity contribution is 5.67. The van der Waals surface area contributed by atoms with E-state index in [-0.39, 0.29) is 43.4 Å². The van der Waals surface area contributed by atoms with Crippen LogP contribution in [-0.2, 0) is 14.4 Å². The summed E-state index contributed by atoms with van der Waals surface area (Å²) in [6, 6.07) is 0. The Kier molecular flexibility index (Phi) is 20.4. The van der Waals surface area contributed by atoms with Gasteiger partial charge in [0.15, 0.2) is 0 Å². The van der Waals surface area contributed by atoms with E-state index in [9.17, 15) is 14.4 Å². The van der Waals surface area contributed by atoms with E-state index in [1.807, 2.05) is 6.08 Å². The molecule has 0 aromatic carbocycles. The smallest absolute Gasteiger partial charge is 0.309 e. The van der Waals surface area contributed by atoms with Crippen LogP contribution in [0.5, 0.6) is 0 Å². The first-order valence-corrected chi connectivity index (χ1v) is 13.5. The van der Waals surface area contributed by atoms with Gasteiger partial charge >= 0.3 is 17.9 Å². The number of hydrogen-bond acceptors (Lipinski definition) is 3. The fourth-order valence-corrected chi connectivity index (χ4v) is 4.30. The number of carbonyl (C=O) groups is 3. The summed E-state index contributed by atoms with van der Waals surface area (Å²) < 4.78 is 0.181. The van der Waals surface area contributed by atoms with E-state index in [0.717, 1.165) is 12.8 Å². The van der Waals surface area contributed by atoms with Crippen LogP contribution in [0.15, 0.2) is 12.2 Å². The molecule has 0 unspecified atom stereocenters. The van der Waals surface area contributed by atoms with Crippen molar-refractivity contribution >= 4 is 17.9 Å². The number of unbranched alkanes of at least 4 members (excludes halogenated alkanes) is 13. The van der Waals surface area contributed by atoms with Crippen molar-refractivity contribution < 1.29 is 34.2 Å². The first kappa shape index (κ1) is 32.1. The van der Waals surface area contributed by atoms with E-state index in [1.165, 1.54) is 77.0 Å². The third-order valence-electron chi connectivity index (χ3n) is 6.53. The van der Waals surface area contributed by atoms with Gasteiger partial charge in [-0.15, -0.1) is 0 Å². The van der Waals surface area contributed by atoms with Crippen molar-refractivity contribution in [2.75, 3.05) is 26.2 Å². The maximum Gasteiger partial charge on any atom is 0.309 e. The molecule has 0 atom stereocenters. The summed E-state index contributed by atoms with van der Waals surface area (Å²) in [6.45, 7) is 3.42. The van der Waals surface area contributed by atoms with Gasteiger partial charge < -0.3 is 19.8 Å². The maximum absolute atomic E-state index is 11.1. The molecule has 0 aromatic heterocycles. The quantitative estimate of drug-likeness (QED) is 0.0800. The molecule has 0 saturated carbocycles. The van der Waals surface area contributed by atoms with Gasteiger partial charge in [-0.25, -0.2) is 0 Å². The average molecular weight is 485 g/mol. The van der Waals surface area contributed by atoms with Crippen molar-refractivity contribution in [3.05, 3.63) is 12.2 Å². The van der Waals surface area contributed by atoms with Crippen LogP contribution in [0.25, 0.3) is 0 Å². The van der Waals surface area contributed by atoms with Crippen LogP contribution in [0, 0.1) is 0 Å². The van der Waals surface area contributed by atoms with Gasteiger partial charge in [0.05, 0.1) is 45.4 Å². The van der Waals surface area contributed by atoms with Crippen molar-refractivity contribution in [2.24, 2.45) is 0 Å². The van der Waals surface area contributed by atoms with E-state index in [0.29, 0.717) is 6.54 Å². The number of hydrogen-bond donors (Lipinski definition) is 3. The van der Waals surface area contributed by atoms with Gasteiger partial charge in [0.2, 0.25) is 0 Å². The first-order chi connectivity index (χ1) is 16.3. The lowest BCUT2D eigenvalue weighted by molar-refractivity contribution is -0.921. The van der Waals surface area contributed by atoms with E-state index < -0.39 is 17.9 Å². The minimum atomic E-state index is -0.955. The van der Waals surface area contributed by atoms with Crippen molar-refractivity contribution in [3.63, 3.8) is 0 Å². The summed E-state index contributed by atoms with van der Waals surface area (Å²) in [5, 5.41) is 27.3. The Labute approximate surface area is 206 Å². The zero-order valence-corrected chi connectivity index (χ0v) is 21.5. The predicted octanol–water partition coefficient (Wildman–Crippen LogP) is 6.26. The van der Waals surface area contributed by atoms with Crippen LogP contribution >= 0.6 is 0 Å². The van der Waals surface area contributed by atoms with Crippen LogP contribution in [0.4, 0.5) is 0 Å². The predicted molar refractivity (Wildman–Crippen MR) is 136 cm³/mol. The number of carboxylic acid groups (broad SMARTS) is 3. The molecule has 0 rings (SSSR count). The van der Waals surface area contributed by atoms with E-state index >= 15 is 0 Å². The molecule has 0 amide bonds. The second-order valence-corrected chi connectivity index (χ2v) is 9.63. The molecule has 0 aliphatic rings. The first-order valence-electron chi connectivity index (χ1n) is 13.5. The summed E-state index contributed by atoms with van der Waals surface area (Å²) in [4.78, 5) is 33.3. The fraction of sp³-hybridized carbons (Fsp3) is 0.815. The average Bonchev–Trinajstić information content (AvgIpc) is 2.79. The molecule has 34 heavy (non-hydrogen) atoms.